The standard InChI is InChI=1S/C17H24I2O/c1-12-10-13(18)15(14(19)11-12)17(4,5)7-6-16(2,3)8-9-20/h9-11H,6-8H2,1-5H3. The van der Waals surface area contributed by atoms with Gasteiger partial charge in [-0.25, -0.2) is 0 Å². The van der Waals surface area contributed by atoms with Crippen LogP contribution in [0.1, 0.15) is 58.1 Å². The van der Waals surface area contributed by atoms with Crippen molar-refractivity contribution in [1.82, 2.24) is 0 Å². The van der Waals surface area contributed by atoms with Crippen molar-refractivity contribution in [1.29, 1.82) is 0 Å². The van der Waals surface area contributed by atoms with E-state index in [9.17, 15) is 4.79 Å². The van der Waals surface area contributed by atoms with Crippen LogP contribution in [0.4, 0.5) is 0 Å². The van der Waals surface area contributed by atoms with Crippen LogP contribution in [0.25, 0.3) is 0 Å². The normalized spacial score (nSPS) is 12.6. The molecule has 0 N–H and O–H groups in total. The van der Waals surface area contributed by atoms with Gasteiger partial charge in [0.25, 0.3) is 0 Å². The molecule has 0 aliphatic rings. The molecule has 1 aromatic carbocycles. The molecule has 1 aromatic rings. The Bertz CT molecular complexity index is 467. The monoisotopic (exact) mass is 498 g/mol. The van der Waals surface area contributed by atoms with Crippen molar-refractivity contribution in [3.63, 3.8) is 0 Å². The number of carbonyl (C=O) groups excluding carboxylic acids is 1. The predicted octanol–water partition coefficient (Wildman–Crippen LogP) is 5.88. The van der Waals surface area contributed by atoms with Crippen LogP contribution in [0.3, 0.4) is 0 Å². The van der Waals surface area contributed by atoms with Crippen LogP contribution in [0.15, 0.2) is 12.1 Å². The Morgan fingerprint density at radius 1 is 1.05 bits per heavy atom. The summed E-state index contributed by atoms with van der Waals surface area (Å²) in [6.45, 7) is 11.2. The molecule has 0 aliphatic carbocycles. The van der Waals surface area contributed by atoms with E-state index in [0.717, 1.165) is 19.1 Å². The van der Waals surface area contributed by atoms with E-state index in [0.29, 0.717) is 6.42 Å². The van der Waals surface area contributed by atoms with Gasteiger partial charge in [-0.05, 0) is 99.0 Å². The van der Waals surface area contributed by atoms with Gasteiger partial charge in [-0.2, -0.15) is 0 Å². The number of rotatable bonds is 6. The highest BCUT2D eigenvalue weighted by atomic mass is 127. The molecular weight excluding hydrogens is 474 g/mol. The number of hydrogen-bond acceptors (Lipinski definition) is 1. The number of carbonyl (C=O) groups is 1. The minimum atomic E-state index is 0.0978. The van der Waals surface area contributed by atoms with Gasteiger partial charge in [-0.1, -0.05) is 27.7 Å². The number of hydrogen-bond donors (Lipinski definition) is 0. The van der Waals surface area contributed by atoms with Crippen molar-refractivity contribution in [2.75, 3.05) is 0 Å². The summed E-state index contributed by atoms with van der Waals surface area (Å²) in [4.78, 5) is 10.8. The first-order valence-electron chi connectivity index (χ1n) is 6.99. The van der Waals surface area contributed by atoms with Crippen LogP contribution < -0.4 is 0 Å². The average molecular weight is 498 g/mol. The smallest absolute Gasteiger partial charge is 0.120 e. The highest BCUT2D eigenvalue weighted by Crippen LogP contribution is 2.39. The summed E-state index contributed by atoms with van der Waals surface area (Å²) >= 11 is 4.91. The summed E-state index contributed by atoms with van der Waals surface area (Å²) in [7, 11) is 0. The molecule has 1 rings (SSSR count). The average Bonchev–Trinajstić information content (AvgIpc) is 2.24. The van der Waals surface area contributed by atoms with E-state index in [4.69, 9.17) is 0 Å². The molecule has 0 aliphatic heterocycles. The largest absolute Gasteiger partial charge is 0.303 e. The molecule has 20 heavy (non-hydrogen) atoms. The lowest BCUT2D eigenvalue weighted by Gasteiger charge is -2.32. The molecule has 3 heteroatoms. The fourth-order valence-electron chi connectivity index (χ4n) is 2.45. The Labute approximate surface area is 150 Å². The van der Waals surface area contributed by atoms with Crippen LogP contribution in [0.5, 0.6) is 0 Å². The molecule has 1 nitrogen and oxygen atoms in total. The molecule has 0 saturated carbocycles. The maximum absolute atomic E-state index is 10.8. The Kier molecular flexibility index (Phi) is 6.51. The van der Waals surface area contributed by atoms with Crippen molar-refractivity contribution in [2.24, 2.45) is 5.41 Å². The minimum Gasteiger partial charge on any atom is -0.303 e. The first kappa shape index (κ1) is 18.4. The number of benzene rings is 1. The second-order valence-corrected chi connectivity index (χ2v) is 9.35. The van der Waals surface area contributed by atoms with Crippen molar-refractivity contribution in [3.8, 4) is 0 Å². The van der Waals surface area contributed by atoms with Gasteiger partial charge in [0.05, 0.1) is 0 Å². The van der Waals surface area contributed by atoms with Crippen molar-refractivity contribution in [2.45, 2.75) is 59.3 Å². The molecule has 0 aromatic heterocycles. The second kappa shape index (κ2) is 7.07. The molecule has 112 valence electrons. The van der Waals surface area contributed by atoms with Crippen LogP contribution >= 0.6 is 45.2 Å². The van der Waals surface area contributed by atoms with Gasteiger partial charge in [-0.3, -0.25) is 0 Å². The molecule has 0 radical (unpaired) electrons. The second-order valence-electron chi connectivity index (χ2n) is 7.02. The predicted molar refractivity (Wildman–Crippen MR) is 103 cm³/mol. The lowest BCUT2D eigenvalue weighted by Crippen LogP contribution is -2.24. The fourth-order valence-corrected chi connectivity index (χ4v) is 5.99. The SMILES string of the molecule is Cc1cc(I)c(C(C)(C)CCC(C)(C)CC=O)c(I)c1. The van der Waals surface area contributed by atoms with E-state index in [1.807, 2.05) is 0 Å². The third-order valence-corrected chi connectivity index (χ3v) is 5.63. The highest BCUT2D eigenvalue weighted by Gasteiger charge is 2.29. The third-order valence-electron chi connectivity index (χ3n) is 3.93. The van der Waals surface area contributed by atoms with Crippen LogP contribution in [0, 0.1) is 19.5 Å². The van der Waals surface area contributed by atoms with Gasteiger partial charge >= 0.3 is 0 Å². The van der Waals surface area contributed by atoms with Crippen molar-refractivity contribution < 1.29 is 4.79 Å². The first-order valence-corrected chi connectivity index (χ1v) is 9.14. The van der Waals surface area contributed by atoms with Gasteiger partial charge in [0, 0.05) is 13.6 Å². The summed E-state index contributed by atoms with van der Waals surface area (Å²) < 4.78 is 2.70. The van der Waals surface area contributed by atoms with E-state index in [-0.39, 0.29) is 10.8 Å². The highest BCUT2D eigenvalue weighted by molar-refractivity contribution is 14.1. The molecule has 0 saturated heterocycles. The number of aldehydes is 1. The summed E-state index contributed by atoms with van der Waals surface area (Å²) in [5.74, 6) is 0. The number of halogens is 2. The molecule has 0 heterocycles. The quantitative estimate of drug-likeness (QED) is 0.354. The topological polar surface area (TPSA) is 17.1 Å². The van der Waals surface area contributed by atoms with Gasteiger partial charge in [-0.15, -0.1) is 0 Å². The number of aryl methyl sites for hydroxylation is 1. The lowest BCUT2D eigenvalue weighted by molar-refractivity contribution is -0.109. The summed E-state index contributed by atoms with van der Waals surface area (Å²) in [6, 6.07) is 4.52. The maximum Gasteiger partial charge on any atom is 0.120 e. The van der Waals surface area contributed by atoms with Crippen molar-refractivity contribution >= 4 is 51.5 Å². The molecule has 0 atom stereocenters. The Hall–Kier alpha value is 0.350. The Morgan fingerprint density at radius 3 is 2.00 bits per heavy atom. The van der Waals surface area contributed by atoms with Crippen molar-refractivity contribution in [3.05, 3.63) is 30.4 Å². The zero-order chi connectivity index (χ0) is 15.6. The van der Waals surface area contributed by atoms with Gasteiger partial charge in [0.15, 0.2) is 0 Å². The zero-order valence-electron chi connectivity index (χ0n) is 13.0. The molecule has 0 amide bonds. The molecule has 0 spiro atoms. The van der Waals surface area contributed by atoms with Gasteiger partial charge < -0.3 is 4.79 Å². The summed E-state index contributed by atoms with van der Waals surface area (Å²) in [5.41, 5.74) is 3.01. The molecule has 0 fully saturated rings. The lowest BCUT2D eigenvalue weighted by atomic mass is 9.74. The van der Waals surface area contributed by atoms with Crippen LogP contribution in [-0.2, 0) is 10.2 Å². The van der Waals surface area contributed by atoms with E-state index in [1.54, 1.807) is 0 Å². The maximum atomic E-state index is 10.8. The van der Waals surface area contributed by atoms with E-state index in [1.165, 1.54) is 18.3 Å². The molecule has 0 bridgehead atoms. The summed E-state index contributed by atoms with van der Waals surface area (Å²) in [5, 5.41) is 0. The Morgan fingerprint density at radius 2 is 1.55 bits per heavy atom. The van der Waals surface area contributed by atoms with E-state index in [2.05, 4.69) is 91.9 Å². The van der Waals surface area contributed by atoms with Crippen LogP contribution in [0.2, 0.25) is 0 Å². The molecular formula is C17H24I2O. The van der Waals surface area contributed by atoms with Gasteiger partial charge in [0.1, 0.15) is 6.29 Å². The molecule has 0 unspecified atom stereocenters. The third kappa shape index (κ3) is 4.97. The first-order chi connectivity index (χ1) is 9.09. The van der Waals surface area contributed by atoms with E-state index < -0.39 is 0 Å². The summed E-state index contributed by atoms with van der Waals surface area (Å²) in [6.07, 6.45) is 3.86. The minimum absolute atomic E-state index is 0.0978. The van der Waals surface area contributed by atoms with E-state index >= 15 is 0 Å². The van der Waals surface area contributed by atoms with Crippen LogP contribution in [-0.4, -0.2) is 6.29 Å². The zero-order valence-corrected chi connectivity index (χ0v) is 17.3. The van der Waals surface area contributed by atoms with Gasteiger partial charge in [0.2, 0.25) is 0 Å². The fraction of sp³-hybridized carbons (Fsp3) is 0.588. The Balaban J connectivity index is 2.97.